The second kappa shape index (κ2) is 5.31. The number of alkyl halides is 1. The predicted octanol–water partition coefficient (Wildman–Crippen LogP) is 3.50. The summed E-state index contributed by atoms with van der Waals surface area (Å²) in [6, 6.07) is 6.70. The van der Waals surface area contributed by atoms with Crippen LogP contribution in [0.25, 0.3) is 0 Å². The second-order valence-corrected chi connectivity index (χ2v) is 3.82. The predicted molar refractivity (Wildman–Crippen MR) is 57.2 cm³/mol. The van der Waals surface area contributed by atoms with Crippen LogP contribution in [0.1, 0.15) is 0 Å². The highest BCUT2D eigenvalue weighted by Gasteiger charge is 2.04. The fourth-order valence-corrected chi connectivity index (χ4v) is 1.12. The number of halogens is 3. The van der Waals surface area contributed by atoms with E-state index in [1.54, 1.807) is 18.2 Å². The van der Waals surface area contributed by atoms with E-state index in [2.05, 4.69) is 0 Å². The van der Waals surface area contributed by atoms with Gasteiger partial charge >= 0.3 is 0 Å². The van der Waals surface area contributed by atoms with Crippen LogP contribution in [0.15, 0.2) is 18.2 Å². The van der Waals surface area contributed by atoms with Crippen molar-refractivity contribution in [3.05, 3.63) is 28.2 Å². The molecule has 1 rings (SSSR count). The van der Waals surface area contributed by atoms with Crippen LogP contribution in [-0.2, 0) is 0 Å². The summed E-state index contributed by atoms with van der Waals surface area (Å²) in [5.74, 6) is 0.542. The molecule has 2 nitrogen and oxygen atoms in total. The van der Waals surface area contributed by atoms with E-state index in [1.807, 2.05) is 6.07 Å². The standard InChI is InChI=1S/C9H6Cl3NO/c10-6(4-13)5-14-7-1-2-8(11)9(12)3-7/h1-3,6H,5H2. The zero-order valence-electron chi connectivity index (χ0n) is 7.01. The molecule has 0 aliphatic carbocycles. The van der Waals surface area contributed by atoms with Crippen molar-refractivity contribution in [1.82, 2.24) is 0 Å². The largest absolute Gasteiger partial charge is 0.491 e. The highest BCUT2D eigenvalue weighted by Crippen LogP contribution is 2.26. The molecule has 0 radical (unpaired) electrons. The van der Waals surface area contributed by atoms with E-state index in [0.29, 0.717) is 15.8 Å². The molecule has 1 unspecified atom stereocenters. The minimum atomic E-state index is -0.663. The van der Waals surface area contributed by atoms with E-state index in [0.717, 1.165) is 0 Å². The van der Waals surface area contributed by atoms with Crippen LogP contribution in [0.4, 0.5) is 0 Å². The molecule has 0 saturated carbocycles. The monoisotopic (exact) mass is 249 g/mol. The average molecular weight is 251 g/mol. The molecule has 1 atom stereocenters. The lowest BCUT2D eigenvalue weighted by molar-refractivity contribution is 0.329. The maximum absolute atomic E-state index is 8.40. The van der Waals surface area contributed by atoms with E-state index in [9.17, 15) is 0 Å². The zero-order valence-corrected chi connectivity index (χ0v) is 9.27. The molecular formula is C9H6Cl3NO. The van der Waals surface area contributed by atoms with E-state index in [1.165, 1.54) is 0 Å². The second-order valence-electron chi connectivity index (χ2n) is 2.48. The van der Waals surface area contributed by atoms with Crippen LogP contribution < -0.4 is 4.74 Å². The fourth-order valence-electron chi connectivity index (χ4n) is 0.773. The number of nitrogens with zero attached hydrogens (tertiary/aromatic N) is 1. The molecule has 74 valence electrons. The quantitative estimate of drug-likeness (QED) is 0.769. The van der Waals surface area contributed by atoms with Gasteiger partial charge in [0.2, 0.25) is 0 Å². The Labute approximate surface area is 96.9 Å². The molecule has 0 spiro atoms. The normalized spacial score (nSPS) is 11.9. The van der Waals surface area contributed by atoms with Gasteiger partial charge in [0.05, 0.1) is 16.1 Å². The summed E-state index contributed by atoms with van der Waals surface area (Å²) in [6.45, 7) is 0.121. The lowest BCUT2D eigenvalue weighted by Gasteiger charge is -2.06. The van der Waals surface area contributed by atoms with Gasteiger partial charge in [-0.2, -0.15) is 5.26 Å². The van der Waals surface area contributed by atoms with Crippen LogP contribution in [0.2, 0.25) is 10.0 Å². The van der Waals surface area contributed by atoms with Crippen molar-refractivity contribution in [2.45, 2.75) is 5.38 Å². The minimum absolute atomic E-state index is 0.121. The first-order valence-electron chi connectivity index (χ1n) is 3.75. The molecule has 0 aromatic heterocycles. The van der Waals surface area contributed by atoms with Gasteiger partial charge in [0, 0.05) is 6.07 Å². The van der Waals surface area contributed by atoms with Gasteiger partial charge in [-0.25, -0.2) is 0 Å². The van der Waals surface area contributed by atoms with Crippen molar-refractivity contribution in [2.75, 3.05) is 6.61 Å². The van der Waals surface area contributed by atoms with Crippen LogP contribution in [-0.4, -0.2) is 12.0 Å². The maximum Gasteiger partial charge on any atom is 0.154 e. The summed E-state index contributed by atoms with van der Waals surface area (Å²) >= 11 is 17.0. The summed E-state index contributed by atoms with van der Waals surface area (Å²) < 4.78 is 5.20. The van der Waals surface area contributed by atoms with E-state index < -0.39 is 5.38 Å². The smallest absolute Gasteiger partial charge is 0.154 e. The van der Waals surface area contributed by atoms with Crippen molar-refractivity contribution in [3.8, 4) is 11.8 Å². The molecule has 0 fully saturated rings. The summed E-state index contributed by atoms with van der Waals surface area (Å²) in [6.07, 6.45) is 0. The van der Waals surface area contributed by atoms with Crippen molar-refractivity contribution in [3.63, 3.8) is 0 Å². The number of rotatable bonds is 3. The number of nitriles is 1. The minimum Gasteiger partial charge on any atom is -0.491 e. The number of ether oxygens (including phenoxy) is 1. The SMILES string of the molecule is N#CC(Cl)COc1ccc(Cl)c(Cl)c1. The zero-order chi connectivity index (χ0) is 10.6. The van der Waals surface area contributed by atoms with Crippen molar-refractivity contribution >= 4 is 34.8 Å². The van der Waals surface area contributed by atoms with Gasteiger partial charge in [-0.15, -0.1) is 11.6 Å². The maximum atomic E-state index is 8.40. The first-order chi connectivity index (χ1) is 6.63. The highest BCUT2D eigenvalue weighted by atomic mass is 35.5. The molecule has 1 aromatic carbocycles. The summed E-state index contributed by atoms with van der Waals surface area (Å²) in [4.78, 5) is 0. The van der Waals surface area contributed by atoms with Gasteiger partial charge < -0.3 is 4.74 Å². The molecule has 0 bridgehead atoms. The molecule has 0 heterocycles. The van der Waals surface area contributed by atoms with E-state index in [4.69, 9.17) is 44.8 Å². The molecule has 14 heavy (non-hydrogen) atoms. The van der Waals surface area contributed by atoms with Crippen molar-refractivity contribution in [1.29, 1.82) is 5.26 Å². The molecule has 0 amide bonds. The Kier molecular flexibility index (Phi) is 4.34. The molecule has 5 heteroatoms. The topological polar surface area (TPSA) is 33.0 Å². The Bertz CT molecular complexity index is 362. The molecule has 0 aliphatic heterocycles. The van der Waals surface area contributed by atoms with Crippen molar-refractivity contribution in [2.24, 2.45) is 0 Å². The summed E-state index contributed by atoms with van der Waals surface area (Å²) in [7, 11) is 0. The van der Waals surface area contributed by atoms with E-state index in [-0.39, 0.29) is 6.61 Å². The summed E-state index contributed by atoms with van der Waals surface area (Å²) in [5.41, 5.74) is 0. The van der Waals surface area contributed by atoms with Gasteiger partial charge in [0.25, 0.3) is 0 Å². The average Bonchev–Trinajstić information content (AvgIpc) is 2.19. The van der Waals surface area contributed by atoms with Gasteiger partial charge in [-0.05, 0) is 12.1 Å². The van der Waals surface area contributed by atoms with Crippen LogP contribution in [0, 0.1) is 11.3 Å². The molecule has 0 N–H and O–H groups in total. The van der Waals surface area contributed by atoms with Crippen molar-refractivity contribution < 1.29 is 4.74 Å². The van der Waals surface area contributed by atoms with Gasteiger partial charge in [0.15, 0.2) is 5.38 Å². The Balaban J connectivity index is 2.61. The highest BCUT2D eigenvalue weighted by molar-refractivity contribution is 6.42. The third kappa shape index (κ3) is 3.26. The molecule has 1 aromatic rings. The lowest BCUT2D eigenvalue weighted by Crippen LogP contribution is -2.08. The number of hydrogen-bond donors (Lipinski definition) is 0. The van der Waals surface area contributed by atoms with Gasteiger partial charge in [-0.1, -0.05) is 23.2 Å². The number of benzene rings is 1. The van der Waals surface area contributed by atoms with E-state index >= 15 is 0 Å². The lowest BCUT2D eigenvalue weighted by atomic mass is 10.3. The molecule has 0 saturated heterocycles. The Hall–Kier alpha value is -0.620. The van der Waals surface area contributed by atoms with Gasteiger partial charge in [-0.3, -0.25) is 0 Å². The first-order valence-corrected chi connectivity index (χ1v) is 4.94. The van der Waals surface area contributed by atoms with Crippen LogP contribution in [0.3, 0.4) is 0 Å². The molecular weight excluding hydrogens is 244 g/mol. The third-order valence-corrected chi connectivity index (χ3v) is 2.39. The van der Waals surface area contributed by atoms with Crippen LogP contribution >= 0.6 is 34.8 Å². The number of hydrogen-bond acceptors (Lipinski definition) is 2. The summed E-state index contributed by atoms with van der Waals surface area (Å²) in [5, 5.41) is 8.61. The fraction of sp³-hybridized carbons (Fsp3) is 0.222. The third-order valence-electron chi connectivity index (χ3n) is 1.43. The first kappa shape index (κ1) is 11.5. The van der Waals surface area contributed by atoms with Gasteiger partial charge in [0.1, 0.15) is 12.4 Å². The van der Waals surface area contributed by atoms with Crippen LogP contribution in [0.5, 0.6) is 5.75 Å². The Morgan fingerprint density at radius 3 is 2.64 bits per heavy atom. The Morgan fingerprint density at radius 2 is 2.07 bits per heavy atom. The Morgan fingerprint density at radius 1 is 1.36 bits per heavy atom. The molecule has 0 aliphatic rings.